The minimum atomic E-state index is -3.39. The number of thioether (sulfide) groups is 1. The number of benzene rings is 2. The summed E-state index contributed by atoms with van der Waals surface area (Å²) in [5.41, 5.74) is 1.17. The van der Waals surface area contributed by atoms with E-state index < -0.39 is 10.0 Å². The molecule has 1 amide bonds. The van der Waals surface area contributed by atoms with Crippen LogP contribution in [0.15, 0.2) is 53.4 Å². The Labute approximate surface area is 157 Å². The number of hydrogen-bond acceptors (Lipinski definition) is 4. The van der Waals surface area contributed by atoms with Gasteiger partial charge in [-0.05, 0) is 42.8 Å². The van der Waals surface area contributed by atoms with Crippen LogP contribution in [0, 0.1) is 0 Å². The molecule has 0 heterocycles. The van der Waals surface area contributed by atoms with Gasteiger partial charge in [0.2, 0.25) is 15.9 Å². The van der Waals surface area contributed by atoms with Gasteiger partial charge in [0.25, 0.3) is 0 Å². The fourth-order valence-corrected chi connectivity index (χ4v) is 3.63. The first kappa shape index (κ1) is 19.6. The van der Waals surface area contributed by atoms with Crippen molar-refractivity contribution in [3.63, 3.8) is 0 Å². The predicted molar refractivity (Wildman–Crippen MR) is 104 cm³/mol. The Hall–Kier alpha value is -1.70. The lowest BCUT2D eigenvalue weighted by Gasteiger charge is -2.18. The molecule has 0 spiro atoms. The summed E-state index contributed by atoms with van der Waals surface area (Å²) in [4.78, 5) is 13.1. The zero-order valence-corrected chi connectivity index (χ0v) is 16.2. The molecule has 5 nitrogen and oxygen atoms in total. The summed E-state index contributed by atoms with van der Waals surface area (Å²) < 4.78 is 25.4. The van der Waals surface area contributed by atoms with Crippen molar-refractivity contribution in [2.45, 2.75) is 17.9 Å². The van der Waals surface area contributed by atoms with E-state index in [2.05, 4.69) is 10.0 Å². The van der Waals surface area contributed by atoms with Crippen molar-refractivity contribution in [1.29, 1.82) is 0 Å². The van der Waals surface area contributed by atoms with E-state index in [1.165, 1.54) is 11.8 Å². The van der Waals surface area contributed by atoms with Gasteiger partial charge < -0.3 is 5.32 Å². The molecule has 0 radical (unpaired) electrons. The van der Waals surface area contributed by atoms with E-state index in [0.717, 1.165) is 11.2 Å². The highest BCUT2D eigenvalue weighted by Gasteiger charge is 2.15. The van der Waals surface area contributed by atoms with Crippen LogP contribution < -0.4 is 10.0 Å². The summed E-state index contributed by atoms with van der Waals surface area (Å²) in [6.45, 7) is 1.81. The van der Waals surface area contributed by atoms with Crippen LogP contribution in [0.4, 0.5) is 5.69 Å². The number of carbonyl (C=O) groups excluding carboxylic acids is 1. The molecule has 0 aliphatic heterocycles. The highest BCUT2D eigenvalue weighted by molar-refractivity contribution is 8.00. The second-order valence-electron chi connectivity index (χ2n) is 5.49. The van der Waals surface area contributed by atoms with E-state index >= 15 is 0 Å². The number of rotatable bonds is 7. The van der Waals surface area contributed by atoms with Crippen LogP contribution >= 0.6 is 23.4 Å². The topological polar surface area (TPSA) is 75.3 Å². The molecule has 1 unspecified atom stereocenters. The third kappa shape index (κ3) is 6.61. The summed E-state index contributed by atoms with van der Waals surface area (Å²) in [6, 6.07) is 13.9. The monoisotopic (exact) mass is 398 g/mol. The van der Waals surface area contributed by atoms with Gasteiger partial charge in [0.1, 0.15) is 0 Å². The Bertz CT molecular complexity index is 839. The van der Waals surface area contributed by atoms with Gasteiger partial charge in [-0.15, -0.1) is 11.8 Å². The quantitative estimate of drug-likeness (QED) is 0.697. The molecule has 2 rings (SSSR count). The molecule has 134 valence electrons. The molecule has 0 fully saturated rings. The number of sulfonamides is 1. The average molecular weight is 399 g/mol. The first-order valence-corrected chi connectivity index (χ1v) is 10.7. The molecule has 0 saturated carbocycles. The molecule has 0 bridgehead atoms. The molecular formula is C17H19ClN2O3S2. The van der Waals surface area contributed by atoms with E-state index in [0.29, 0.717) is 16.3 Å². The molecule has 0 aliphatic rings. The summed E-state index contributed by atoms with van der Waals surface area (Å²) in [5.74, 6) is 0.120. The van der Waals surface area contributed by atoms with Crippen molar-refractivity contribution in [3.8, 4) is 0 Å². The van der Waals surface area contributed by atoms with Gasteiger partial charge in [0, 0.05) is 9.92 Å². The molecular weight excluding hydrogens is 380 g/mol. The molecule has 25 heavy (non-hydrogen) atoms. The van der Waals surface area contributed by atoms with Gasteiger partial charge in [-0.2, -0.15) is 0 Å². The van der Waals surface area contributed by atoms with Crippen molar-refractivity contribution in [1.82, 2.24) is 5.32 Å². The van der Waals surface area contributed by atoms with E-state index in [4.69, 9.17) is 11.6 Å². The Morgan fingerprint density at radius 2 is 1.80 bits per heavy atom. The highest BCUT2D eigenvalue weighted by atomic mass is 35.5. The van der Waals surface area contributed by atoms with Crippen LogP contribution in [0.2, 0.25) is 5.02 Å². The maximum absolute atomic E-state index is 12.2. The largest absolute Gasteiger partial charge is 0.349 e. The fraction of sp³-hybridized carbons (Fsp3) is 0.235. The Morgan fingerprint density at radius 1 is 1.16 bits per heavy atom. The number of halogens is 1. The third-order valence-corrected chi connectivity index (χ3v) is 5.14. The van der Waals surface area contributed by atoms with E-state index in [1.807, 2.05) is 19.1 Å². The van der Waals surface area contributed by atoms with Gasteiger partial charge in [0.05, 0.1) is 23.7 Å². The Kier molecular flexibility index (Phi) is 6.75. The molecule has 1 atom stereocenters. The van der Waals surface area contributed by atoms with Crippen LogP contribution in [-0.4, -0.2) is 26.3 Å². The fourth-order valence-electron chi connectivity index (χ4n) is 2.21. The minimum absolute atomic E-state index is 0.137. The zero-order valence-electron chi connectivity index (χ0n) is 13.8. The maximum Gasteiger partial charge on any atom is 0.230 e. The third-order valence-electron chi connectivity index (χ3n) is 3.28. The first-order valence-electron chi connectivity index (χ1n) is 7.49. The number of anilines is 1. The minimum Gasteiger partial charge on any atom is -0.349 e. The van der Waals surface area contributed by atoms with E-state index in [-0.39, 0.29) is 17.7 Å². The number of nitrogens with one attached hydrogen (secondary N) is 2. The molecule has 0 aliphatic carbocycles. The summed E-state index contributed by atoms with van der Waals surface area (Å²) in [6.07, 6.45) is 1.09. The molecule has 0 saturated heterocycles. The van der Waals surface area contributed by atoms with E-state index in [9.17, 15) is 13.2 Å². The van der Waals surface area contributed by atoms with Crippen LogP contribution in [0.5, 0.6) is 0 Å². The van der Waals surface area contributed by atoms with Crippen molar-refractivity contribution < 1.29 is 13.2 Å². The van der Waals surface area contributed by atoms with Gasteiger partial charge >= 0.3 is 0 Å². The van der Waals surface area contributed by atoms with Gasteiger partial charge in [-0.25, -0.2) is 8.42 Å². The number of para-hydroxylation sites is 1. The molecule has 2 aromatic rings. The number of amides is 1. The zero-order chi connectivity index (χ0) is 18.4. The lowest BCUT2D eigenvalue weighted by Crippen LogP contribution is -2.29. The summed E-state index contributed by atoms with van der Waals surface area (Å²) in [7, 11) is -3.39. The summed E-state index contributed by atoms with van der Waals surface area (Å²) >= 11 is 7.24. The highest BCUT2D eigenvalue weighted by Crippen LogP contribution is 2.24. The maximum atomic E-state index is 12.2. The second kappa shape index (κ2) is 8.60. The van der Waals surface area contributed by atoms with Gasteiger partial charge in [-0.3, -0.25) is 9.52 Å². The van der Waals surface area contributed by atoms with E-state index in [1.54, 1.807) is 36.4 Å². The molecule has 0 aromatic heterocycles. The standard InChI is InChI=1S/C17H19ClN2O3S2/c1-12(15-5-3-4-6-16(15)20-25(2,22)23)19-17(21)11-24-14-9-7-13(18)8-10-14/h3-10,12,20H,11H2,1-2H3,(H,19,21). The lowest BCUT2D eigenvalue weighted by atomic mass is 10.1. The number of hydrogen-bond donors (Lipinski definition) is 2. The Balaban J connectivity index is 1.98. The van der Waals surface area contributed by atoms with Crippen LogP contribution in [0.25, 0.3) is 0 Å². The molecule has 2 N–H and O–H groups in total. The van der Waals surface area contributed by atoms with Crippen LogP contribution in [0.3, 0.4) is 0 Å². The Morgan fingerprint density at radius 3 is 2.44 bits per heavy atom. The first-order chi connectivity index (χ1) is 11.7. The van der Waals surface area contributed by atoms with Crippen molar-refractivity contribution in [2.24, 2.45) is 0 Å². The lowest BCUT2D eigenvalue weighted by molar-refractivity contribution is -0.119. The number of carbonyl (C=O) groups is 1. The normalized spacial score (nSPS) is 12.4. The van der Waals surface area contributed by atoms with Gasteiger partial charge in [0.15, 0.2) is 0 Å². The van der Waals surface area contributed by atoms with Gasteiger partial charge in [-0.1, -0.05) is 29.8 Å². The van der Waals surface area contributed by atoms with Crippen molar-refractivity contribution in [3.05, 3.63) is 59.1 Å². The molecule has 2 aromatic carbocycles. The van der Waals surface area contributed by atoms with Crippen LogP contribution in [-0.2, 0) is 14.8 Å². The predicted octanol–water partition coefficient (Wildman–Crippen LogP) is 3.68. The van der Waals surface area contributed by atoms with Crippen LogP contribution in [0.1, 0.15) is 18.5 Å². The van der Waals surface area contributed by atoms with Crippen molar-refractivity contribution in [2.75, 3.05) is 16.7 Å². The average Bonchev–Trinajstić information content (AvgIpc) is 2.53. The molecule has 8 heteroatoms. The smallest absolute Gasteiger partial charge is 0.230 e. The SMILES string of the molecule is CC(NC(=O)CSc1ccc(Cl)cc1)c1ccccc1NS(C)(=O)=O. The summed E-state index contributed by atoms with van der Waals surface area (Å²) in [5, 5.41) is 3.53. The van der Waals surface area contributed by atoms with Crippen molar-refractivity contribution >= 4 is 45.0 Å². The second-order valence-corrected chi connectivity index (χ2v) is 8.73.